The summed E-state index contributed by atoms with van der Waals surface area (Å²) in [6, 6.07) is 8.67. The molecule has 1 aromatic carbocycles. The lowest BCUT2D eigenvalue weighted by Gasteiger charge is -2.73. The Bertz CT molecular complexity index is 1700. The number of ether oxygens (including phenoxy) is 2. The number of benzene rings is 1. The summed E-state index contributed by atoms with van der Waals surface area (Å²) in [5.41, 5.74) is 3.38. The van der Waals surface area contributed by atoms with Gasteiger partial charge < -0.3 is 24.8 Å². The molecule has 1 aromatic rings. The minimum atomic E-state index is -0.884. The first kappa shape index (κ1) is 45.7. The molecule has 5 aliphatic carbocycles. The number of allylic oxidation sites excluding steroid dienone is 1. The quantitative estimate of drug-likeness (QED) is 0.169. The SMILES string of the molecule is C=C(C)[C@@H]1CC[C@]2(CC(=O)NCc3ccc(N4CCOCC4)cc3)CC[C@]3(C)[C@H](CCC4[C@@]5(C)CC[C@H](OC(=O)CC(C)(C)CC(=O)O)C(C)(C)C5CC[C@]43C)C12.CC. The number of fused-ring (bicyclic) bond motifs is 7. The fourth-order valence-electron chi connectivity index (χ4n) is 15.1. The van der Waals surface area contributed by atoms with E-state index in [0.29, 0.717) is 42.6 Å². The van der Waals surface area contributed by atoms with E-state index in [9.17, 15) is 19.5 Å². The molecule has 6 fully saturated rings. The second-order valence-electron chi connectivity index (χ2n) is 22.0. The Morgan fingerprint density at radius 3 is 2.19 bits per heavy atom. The van der Waals surface area contributed by atoms with Gasteiger partial charge >= 0.3 is 11.9 Å². The van der Waals surface area contributed by atoms with Crippen LogP contribution in [-0.4, -0.2) is 55.4 Å². The van der Waals surface area contributed by atoms with Crippen LogP contribution in [0.5, 0.6) is 0 Å². The van der Waals surface area contributed by atoms with Gasteiger partial charge in [0.05, 0.1) is 26.1 Å². The van der Waals surface area contributed by atoms with Crippen molar-refractivity contribution in [2.24, 2.45) is 62.1 Å². The zero-order valence-corrected chi connectivity index (χ0v) is 38.6. The number of nitrogens with one attached hydrogen (secondary N) is 1. The van der Waals surface area contributed by atoms with Crippen molar-refractivity contribution in [3.05, 3.63) is 42.0 Å². The van der Waals surface area contributed by atoms with Gasteiger partial charge in [-0.05, 0) is 145 Å². The molecule has 7 rings (SSSR count). The van der Waals surface area contributed by atoms with Crippen LogP contribution in [0.4, 0.5) is 5.69 Å². The fourth-order valence-corrected chi connectivity index (χ4v) is 15.1. The monoisotopic (exact) mass is 817 g/mol. The number of morpholine rings is 1. The summed E-state index contributed by atoms with van der Waals surface area (Å²) >= 11 is 0. The van der Waals surface area contributed by atoms with Gasteiger partial charge in [0.25, 0.3) is 0 Å². The number of amides is 1. The normalized spacial score (nSPS) is 37.3. The van der Waals surface area contributed by atoms with Crippen molar-refractivity contribution in [3.8, 4) is 0 Å². The van der Waals surface area contributed by atoms with E-state index in [1.165, 1.54) is 36.9 Å². The van der Waals surface area contributed by atoms with Gasteiger partial charge in [0, 0.05) is 37.2 Å². The number of carbonyl (C=O) groups excluding carboxylic acids is 2. The molecule has 0 bridgehead atoms. The third kappa shape index (κ3) is 8.40. The van der Waals surface area contributed by atoms with Crippen LogP contribution in [0.1, 0.15) is 158 Å². The van der Waals surface area contributed by atoms with Gasteiger partial charge in [-0.15, -0.1) is 0 Å². The van der Waals surface area contributed by atoms with Gasteiger partial charge in [0.1, 0.15) is 6.10 Å². The highest BCUT2D eigenvalue weighted by molar-refractivity contribution is 5.77. The smallest absolute Gasteiger partial charge is 0.306 e. The minimum Gasteiger partial charge on any atom is -0.481 e. The average Bonchev–Trinajstić information content (AvgIpc) is 3.55. The first-order valence-electron chi connectivity index (χ1n) is 23.5. The van der Waals surface area contributed by atoms with E-state index in [-0.39, 0.29) is 57.9 Å². The van der Waals surface area contributed by atoms with Gasteiger partial charge in [-0.1, -0.05) is 86.6 Å². The summed E-state index contributed by atoms with van der Waals surface area (Å²) in [5.74, 6) is 1.59. The molecular weight excluding hydrogens is 737 g/mol. The van der Waals surface area contributed by atoms with Crippen LogP contribution in [0.25, 0.3) is 0 Å². The van der Waals surface area contributed by atoms with Gasteiger partial charge in [-0.2, -0.15) is 0 Å². The van der Waals surface area contributed by atoms with Crippen molar-refractivity contribution in [2.45, 2.75) is 165 Å². The molecule has 0 spiro atoms. The number of carboxylic acids is 1. The molecular formula is C51H80N2O6. The number of rotatable bonds is 11. The molecule has 0 aromatic heterocycles. The number of esters is 1. The predicted octanol–water partition coefficient (Wildman–Crippen LogP) is 11.0. The Kier molecular flexibility index (Phi) is 13.2. The van der Waals surface area contributed by atoms with Crippen LogP contribution >= 0.6 is 0 Å². The Morgan fingerprint density at radius 1 is 0.864 bits per heavy atom. The molecule has 5 saturated carbocycles. The zero-order chi connectivity index (χ0) is 43.2. The first-order chi connectivity index (χ1) is 27.7. The van der Waals surface area contributed by atoms with Crippen LogP contribution in [0.2, 0.25) is 0 Å². The molecule has 3 unspecified atom stereocenters. The highest BCUT2D eigenvalue weighted by Gasteiger charge is 2.71. The van der Waals surface area contributed by atoms with Crippen LogP contribution in [0, 0.1) is 62.1 Å². The molecule has 2 N–H and O–H groups in total. The van der Waals surface area contributed by atoms with E-state index < -0.39 is 11.4 Å². The molecule has 10 atom stereocenters. The van der Waals surface area contributed by atoms with Crippen molar-refractivity contribution in [1.82, 2.24) is 5.32 Å². The van der Waals surface area contributed by atoms with Crippen molar-refractivity contribution < 1.29 is 29.0 Å². The van der Waals surface area contributed by atoms with Crippen LogP contribution in [-0.2, 0) is 30.4 Å². The third-order valence-electron chi connectivity index (χ3n) is 18.0. The average molecular weight is 817 g/mol. The maximum Gasteiger partial charge on any atom is 0.306 e. The van der Waals surface area contributed by atoms with Gasteiger partial charge in [-0.3, -0.25) is 14.4 Å². The van der Waals surface area contributed by atoms with Gasteiger partial charge in [0.15, 0.2) is 0 Å². The third-order valence-corrected chi connectivity index (χ3v) is 18.0. The largest absolute Gasteiger partial charge is 0.481 e. The molecule has 6 aliphatic rings. The first-order valence-corrected chi connectivity index (χ1v) is 23.5. The number of hydrogen-bond donors (Lipinski definition) is 2. The minimum absolute atomic E-state index is 0.0192. The molecule has 1 saturated heterocycles. The Hall–Kier alpha value is -2.87. The summed E-state index contributed by atoms with van der Waals surface area (Å²) < 4.78 is 11.8. The molecule has 1 heterocycles. The molecule has 8 heteroatoms. The second kappa shape index (κ2) is 17.1. The topological polar surface area (TPSA) is 105 Å². The van der Waals surface area contributed by atoms with E-state index in [1.54, 1.807) is 0 Å². The Labute approximate surface area is 357 Å². The summed E-state index contributed by atoms with van der Waals surface area (Å²) in [6.45, 7) is 31.0. The van der Waals surface area contributed by atoms with Crippen molar-refractivity contribution in [2.75, 3.05) is 31.2 Å². The van der Waals surface area contributed by atoms with E-state index in [4.69, 9.17) is 9.47 Å². The number of carboxylic acid groups (broad SMARTS) is 1. The lowest BCUT2D eigenvalue weighted by molar-refractivity contribution is -0.250. The Balaban J connectivity index is 0.00000288. The van der Waals surface area contributed by atoms with Crippen molar-refractivity contribution in [1.29, 1.82) is 0 Å². The lowest BCUT2D eigenvalue weighted by atomic mass is 9.32. The lowest BCUT2D eigenvalue weighted by Crippen LogP contribution is -2.67. The van der Waals surface area contributed by atoms with E-state index in [2.05, 4.69) is 82.6 Å². The highest BCUT2D eigenvalue weighted by atomic mass is 16.5. The summed E-state index contributed by atoms with van der Waals surface area (Å²) in [5, 5.41) is 12.7. The van der Waals surface area contributed by atoms with Gasteiger partial charge in [-0.25, -0.2) is 0 Å². The maximum absolute atomic E-state index is 14.0. The van der Waals surface area contributed by atoms with Crippen molar-refractivity contribution >= 4 is 23.5 Å². The van der Waals surface area contributed by atoms with Crippen LogP contribution < -0.4 is 10.2 Å². The molecule has 330 valence electrons. The van der Waals surface area contributed by atoms with E-state index >= 15 is 0 Å². The molecule has 8 nitrogen and oxygen atoms in total. The number of nitrogens with zero attached hydrogens (tertiary/aromatic N) is 1. The van der Waals surface area contributed by atoms with E-state index in [1.807, 2.05) is 27.7 Å². The molecule has 59 heavy (non-hydrogen) atoms. The maximum atomic E-state index is 14.0. The summed E-state index contributed by atoms with van der Waals surface area (Å²) in [6.07, 6.45) is 11.7. The zero-order valence-electron chi connectivity index (χ0n) is 38.6. The Morgan fingerprint density at radius 2 is 1.54 bits per heavy atom. The van der Waals surface area contributed by atoms with Gasteiger partial charge in [0.2, 0.25) is 5.91 Å². The summed E-state index contributed by atoms with van der Waals surface area (Å²) in [7, 11) is 0. The second-order valence-corrected chi connectivity index (χ2v) is 22.0. The molecule has 1 amide bonds. The number of hydrogen-bond acceptors (Lipinski definition) is 6. The predicted molar refractivity (Wildman–Crippen MR) is 237 cm³/mol. The van der Waals surface area contributed by atoms with E-state index in [0.717, 1.165) is 70.4 Å². The standard InChI is InChI=1S/C49H74N2O6.C2H6/c1-32(2)35-16-21-49(28-40(52)50-31-33-10-12-34(13-11-33)51-24-26-56-27-25-51)23-22-47(8)36(43(35)49)14-15-38-46(7)19-18-39(45(5,6)37(46)17-20-48(38,47)9)57-42(55)30-44(3,4)29-41(53)54;1-2/h10-13,35-39,43H,1,14-31H2,2-9H3,(H,50,52)(H,53,54);1-2H3/t35-,36+,37?,38?,39-,43?,46-,47+,48+,49+;/m0./s1. The van der Waals surface area contributed by atoms with Crippen LogP contribution in [0.3, 0.4) is 0 Å². The number of anilines is 1. The molecule has 0 radical (unpaired) electrons. The fraction of sp³-hybridized carbons (Fsp3) is 0.784. The number of aliphatic carboxylic acids is 1. The number of carbonyl (C=O) groups is 3. The highest BCUT2D eigenvalue weighted by Crippen LogP contribution is 2.78. The van der Waals surface area contributed by atoms with Crippen molar-refractivity contribution in [3.63, 3.8) is 0 Å². The summed E-state index contributed by atoms with van der Waals surface area (Å²) in [4.78, 5) is 41.1. The van der Waals surface area contributed by atoms with Crippen LogP contribution in [0.15, 0.2) is 36.4 Å². The molecule has 1 aliphatic heterocycles.